The standard InChI is InChI=1S/C15H26N2S/c1-11(2)8-13-6-5-7-14(9-13)15(17-16)10-18-12(3)4/h5-7,9,11-12,15,17H,8,10,16H2,1-4H3. The first-order valence-corrected chi connectivity index (χ1v) is 7.74. The van der Waals surface area contributed by atoms with E-state index in [2.05, 4.69) is 57.4 Å². The van der Waals surface area contributed by atoms with E-state index in [1.807, 2.05) is 11.8 Å². The van der Waals surface area contributed by atoms with Crippen molar-refractivity contribution in [2.75, 3.05) is 5.75 Å². The van der Waals surface area contributed by atoms with Gasteiger partial charge in [-0.25, -0.2) is 0 Å². The van der Waals surface area contributed by atoms with Crippen LogP contribution in [0.15, 0.2) is 24.3 Å². The lowest BCUT2D eigenvalue weighted by atomic mass is 9.99. The molecule has 0 radical (unpaired) electrons. The van der Waals surface area contributed by atoms with Crippen LogP contribution < -0.4 is 11.3 Å². The molecule has 2 nitrogen and oxygen atoms in total. The van der Waals surface area contributed by atoms with E-state index in [0.717, 1.165) is 12.2 Å². The number of nitrogens with one attached hydrogen (secondary N) is 1. The number of thioether (sulfide) groups is 1. The van der Waals surface area contributed by atoms with Gasteiger partial charge in [-0.05, 0) is 28.7 Å². The van der Waals surface area contributed by atoms with Crippen molar-refractivity contribution in [2.45, 2.75) is 45.4 Å². The number of hydrogen-bond donors (Lipinski definition) is 2. The van der Waals surface area contributed by atoms with Crippen molar-refractivity contribution in [3.63, 3.8) is 0 Å². The topological polar surface area (TPSA) is 38.0 Å². The fourth-order valence-corrected chi connectivity index (χ4v) is 2.80. The summed E-state index contributed by atoms with van der Waals surface area (Å²) in [6, 6.07) is 9.02. The Morgan fingerprint density at radius 3 is 2.50 bits per heavy atom. The normalized spacial score (nSPS) is 13.3. The predicted octanol–water partition coefficient (Wildman–Crippen LogP) is 3.53. The predicted molar refractivity (Wildman–Crippen MR) is 82.6 cm³/mol. The van der Waals surface area contributed by atoms with Crippen molar-refractivity contribution in [1.29, 1.82) is 0 Å². The third-order valence-electron chi connectivity index (χ3n) is 2.79. The SMILES string of the molecule is CC(C)Cc1cccc(C(CSC(C)C)NN)c1. The zero-order valence-corrected chi connectivity index (χ0v) is 12.8. The zero-order chi connectivity index (χ0) is 13.5. The van der Waals surface area contributed by atoms with Crippen molar-refractivity contribution >= 4 is 11.8 Å². The van der Waals surface area contributed by atoms with Gasteiger partial charge in [0.25, 0.3) is 0 Å². The number of nitrogens with two attached hydrogens (primary N) is 1. The van der Waals surface area contributed by atoms with Crippen molar-refractivity contribution in [1.82, 2.24) is 5.43 Å². The molecule has 0 amide bonds. The number of hydrazine groups is 1. The van der Waals surface area contributed by atoms with E-state index in [9.17, 15) is 0 Å². The van der Waals surface area contributed by atoms with Crippen LogP contribution in [0.2, 0.25) is 0 Å². The molecule has 1 rings (SSSR count). The third kappa shape index (κ3) is 5.42. The molecule has 0 bridgehead atoms. The van der Waals surface area contributed by atoms with Crippen LogP contribution in [-0.2, 0) is 6.42 Å². The Kier molecular flexibility index (Phi) is 6.76. The van der Waals surface area contributed by atoms with Crippen LogP contribution in [0.25, 0.3) is 0 Å². The Labute approximate surface area is 116 Å². The summed E-state index contributed by atoms with van der Waals surface area (Å²) in [6.45, 7) is 8.93. The molecule has 102 valence electrons. The molecular weight excluding hydrogens is 240 g/mol. The summed E-state index contributed by atoms with van der Waals surface area (Å²) in [7, 11) is 0. The second-order valence-corrected chi connectivity index (χ2v) is 7.05. The molecule has 1 aromatic carbocycles. The molecule has 3 N–H and O–H groups in total. The maximum absolute atomic E-state index is 5.68. The van der Waals surface area contributed by atoms with Gasteiger partial charge in [-0.15, -0.1) is 0 Å². The summed E-state index contributed by atoms with van der Waals surface area (Å²) < 4.78 is 0. The Morgan fingerprint density at radius 1 is 1.22 bits per heavy atom. The molecule has 0 fully saturated rings. The highest BCUT2D eigenvalue weighted by Crippen LogP contribution is 2.22. The maximum atomic E-state index is 5.68. The first kappa shape index (κ1) is 15.5. The van der Waals surface area contributed by atoms with Crippen LogP contribution in [0.3, 0.4) is 0 Å². The van der Waals surface area contributed by atoms with E-state index < -0.39 is 0 Å². The fraction of sp³-hybridized carbons (Fsp3) is 0.600. The van der Waals surface area contributed by atoms with Crippen molar-refractivity contribution in [3.8, 4) is 0 Å². The molecule has 0 heterocycles. The average Bonchev–Trinajstić information content (AvgIpc) is 2.29. The van der Waals surface area contributed by atoms with Gasteiger partial charge in [0.05, 0.1) is 6.04 Å². The van der Waals surface area contributed by atoms with Crippen LogP contribution in [0, 0.1) is 5.92 Å². The maximum Gasteiger partial charge on any atom is 0.0550 e. The van der Waals surface area contributed by atoms with Gasteiger partial charge in [0.1, 0.15) is 0 Å². The molecule has 1 atom stereocenters. The molecule has 0 aromatic heterocycles. The van der Waals surface area contributed by atoms with Gasteiger partial charge < -0.3 is 0 Å². The summed E-state index contributed by atoms with van der Waals surface area (Å²) in [6.07, 6.45) is 1.13. The summed E-state index contributed by atoms with van der Waals surface area (Å²) in [5.41, 5.74) is 5.63. The Hall–Kier alpha value is -0.510. The molecule has 1 aromatic rings. The summed E-state index contributed by atoms with van der Waals surface area (Å²) in [5.74, 6) is 7.38. The van der Waals surface area contributed by atoms with Crippen LogP contribution >= 0.6 is 11.8 Å². The Bertz CT molecular complexity index is 350. The lowest BCUT2D eigenvalue weighted by Gasteiger charge is -2.18. The second-order valence-electron chi connectivity index (χ2n) is 5.44. The molecule has 1 unspecified atom stereocenters. The second kappa shape index (κ2) is 7.82. The van der Waals surface area contributed by atoms with E-state index in [0.29, 0.717) is 11.2 Å². The van der Waals surface area contributed by atoms with E-state index in [4.69, 9.17) is 5.84 Å². The molecule has 0 aliphatic heterocycles. The summed E-state index contributed by atoms with van der Waals surface area (Å²) in [5, 5.41) is 0.639. The molecule has 0 saturated carbocycles. The number of benzene rings is 1. The third-order valence-corrected chi connectivity index (χ3v) is 3.99. The lowest BCUT2D eigenvalue weighted by Crippen LogP contribution is -2.30. The van der Waals surface area contributed by atoms with Gasteiger partial charge >= 0.3 is 0 Å². The molecule has 18 heavy (non-hydrogen) atoms. The molecule has 0 saturated heterocycles. The largest absolute Gasteiger partial charge is 0.271 e. The van der Waals surface area contributed by atoms with Gasteiger partial charge in [0.2, 0.25) is 0 Å². The minimum Gasteiger partial charge on any atom is -0.271 e. The van der Waals surface area contributed by atoms with Gasteiger partial charge in [-0.2, -0.15) is 11.8 Å². The minimum absolute atomic E-state index is 0.240. The molecule has 3 heteroatoms. The first-order chi connectivity index (χ1) is 8.52. The van der Waals surface area contributed by atoms with Gasteiger partial charge in [-0.3, -0.25) is 11.3 Å². The van der Waals surface area contributed by atoms with E-state index >= 15 is 0 Å². The van der Waals surface area contributed by atoms with Gasteiger partial charge in [0.15, 0.2) is 0 Å². The van der Waals surface area contributed by atoms with E-state index in [-0.39, 0.29) is 6.04 Å². The highest BCUT2D eigenvalue weighted by molar-refractivity contribution is 7.99. The minimum atomic E-state index is 0.240. The van der Waals surface area contributed by atoms with Crippen LogP contribution in [0.1, 0.15) is 44.9 Å². The summed E-state index contributed by atoms with van der Waals surface area (Å²) in [4.78, 5) is 0. The van der Waals surface area contributed by atoms with Crippen molar-refractivity contribution in [3.05, 3.63) is 35.4 Å². The monoisotopic (exact) mass is 266 g/mol. The quantitative estimate of drug-likeness (QED) is 0.585. The van der Waals surface area contributed by atoms with Crippen LogP contribution in [0.5, 0.6) is 0 Å². The molecule has 0 aliphatic rings. The van der Waals surface area contributed by atoms with Gasteiger partial charge in [-0.1, -0.05) is 52.0 Å². The lowest BCUT2D eigenvalue weighted by molar-refractivity contribution is 0.606. The molecule has 0 spiro atoms. The van der Waals surface area contributed by atoms with E-state index in [1.165, 1.54) is 11.1 Å². The van der Waals surface area contributed by atoms with Crippen molar-refractivity contribution in [2.24, 2.45) is 11.8 Å². The van der Waals surface area contributed by atoms with Crippen LogP contribution in [0.4, 0.5) is 0 Å². The highest BCUT2D eigenvalue weighted by atomic mass is 32.2. The Morgan fingerprint density at radius 2 is 1.94 bits per heavy atom. The molecule has 0 aliphatic carbocycles. The number of rotatable bonds is 7. The van der Waals surface area contributed by atoms with Gasteiger partial charge in [0, 0.05) is 5.75 Å². The summed E-state index contributed by atoms with van der Waals surface area (Å²) >= 11 is 1.94. The molecular formula is C15H26N2S. The van der Waals surface area contributed by atoms with Crippen molar-refractivity contribution < 1.29 is 0 Å². The first-order valence-electron chi connectivity index (χ1n) is 6.69. The fourth-order valence-electron chi connectivity index (χ4n) is 1.94. The average molecular weight is 266 g/mol. The van der Waals surface area contributed by atoms with E-state index in [1.54, 1.807) is 0 Å². The Balaban J connectivity index is 2.72. The zero-order valence-electron chi connectivity index (χ0n) is 11.9. The number of hydrogen-bond acceptors (Lipinski definition) is 3. The van der Waals surface area contributed by atoms with Crippen LogP contribution in [-0.4, -0.2) is 11.0 Å². The smallest absolute Gasteiger partial charge is 0.0550 e. The highest BCUT2D eigenvalue weighted by Gasteiger charge is 2.11.